The second-order valence-electron chi connectivity index (χ2n) is 4.96. The molecule has 0 fully saturated rings. The Bertz CT molecular complexity index is 568. The molecule has 0 radical (unpaired) electrons. The second kappa shape index (κ2) is 9.50. The summed E-state index contributed by atoms with van der Waals surface area (Å²) in [5.74, 6) is 0.730. The molecule has 0 heterocycles. The van der Waals surface area contributed by atoms with Crippen LogP contribution in [0.4, 0.5) is 0 Å². The molecular formula is C17H23NO5. The number of methoxy groups -OCH3 is 2. The molecule has 23 heavy (non-hydrogen) atoms. The van der Waals surface area contributed by atoms with E-state index < -0.39 is 5.97 Å². The van der Waals surface area contributed by atoms with Gasteiger partial charge in [-0.2, -0.15) is 0 Å². The van der Waals surface area contributed by atoms with Gasteiger partial charge < -0.3 is 19.5 Å². The molecule has 126 valence electrons. The summed E-state index contributed by atoms with van der Waals surface area (Å²) >= 11 is 0. The Morgan fingerprint density at radius 2 is 1.87 bits per heavy atom. The van der Waals surface area contributed by atoms with E-state index in [0.29, 0.717) is 29.9 Å². The monoisotopic (exact) mass is 321 g/mol. The van der Waals surface area contributed by atoms with Gasteiger partial charge in [0.1, 0.15) is 6.61 Å². The summed E-state index contributed by atoms with van der Waals surface area (Å²) in [5.41, 5.74) is 1.32. The molecule has 6 heteroatoms. The summed E-state index contributed by atoms with van der Waals surface area (Å²) in [6.45, 7) is 5.46. The van der Waals surface area contributed by atoms with E-state index in [9.17, 15) is 9.59 Å². The Balaban J connectivity index is 2.33. The molecule has 6 nitrogen and oxygen atoms in total. The van der Waals surface area contributed by atoms with Gasteiger partial charge in [0.15, 0.2) is 11.5 Å². The fourth-order valence-corrected chi connectivity index (χ4v) is 1.84. The molecule has 0 aliphatic carbocycles. The van der Waals surface area contributed by atoms with E-state index in [4.69, 9.17) is 14.2 Å². The van der Waals surface area contributed by atoms with Gasteiger partial charge in [0, 0.05) is 12.0 Å². The number of amides is 1. The summed E-state index contributed by atoms with van der Waals surface area (Å²) < 4.78 is 15.3. The Morgan fingerprint density at radius 1 is 1.17 bits per heavy atom. The van der Waals surface area contributed by atoms with Crippen molar-refractivity contribution in [3.05, 3.63) is 35.9 Å². The van der Waals surface area contributed by atoms with E-state index in [0.717, 1.165) is 5.56 Å². The van der Waals surface area contributed by atoms with Crippen LogP contribution in [0.1, 0.15) is 18.9 Å². The number of benzene rings is 1. The lowest BCUT2D eigenvalue weighted by atomic mass is 10.1. The van der Waals surface area contributed by atoms with Crippen LogP contribution >= 0.6 is 0 Å². The lowest BCUT2D eigenvalue weighted by Gasteiger charge is -2.10. The first-order valence-corrected chi connectivity index (χ1v) is 7.28. The average molecular weight is 321 g/mol. The van der Waals surface area contributed by atoms with Crippen molar-refractivity contribution in [1.29, 1.82) is 0 Å². The first-order chi connectivity index (χ1) is 11.0. The van der Waals surface area contributed by atoms with Gasteiger partial charge in [0.2, 0.25) is 5.91 Å². The van der Waals surface area contributed by atoms with E-state index in [2.05, 4.69) is 11.9 Å². The van der Waals surface area contributed by atoms with E-state index in [-0.39, 0.29) is 19.1 Å². The zero-order valence-electron chi connectivity index (χ0n) is 13.8. The molecule has 1 rings (SSSR count). The van der Waals surface area contributed by atoms with Crippen LogP contribution in [0.3, 0.4) is 0 Å². The molecule has 0 bridgehead atoms. The second-order valence-corrected chi connectivity index (χ2v) is 4.96. The van der Waals surface area contributed by atoms with Crippen LogP contribution in [0.15, 0.2) is 30.4 Å². The predicted molar refractivity (Wildman–Crippen MR) is 86.6 cm³/mol. The van der Waals surface area contributed by atoms with Gasteiger partial charge in [0.25, 0.3) is 0 Å². The number of ether oxygens (including phenoxy) is 3. The molecule has 1 aromatic carbocycles. The van der Waals surface area contributed by atoms with Crippen molar-refractivity contribution in [2.24, 2.45) is 0 Å². The van der Waals surface area contributed by atoms with Crippen LogP contribution < -0.4 is 14.8 Å². The number of carbonyl (C=O) groups excluding carboxylic acids is 2. The van der Waals surface area contributed by atoms with Crippen molar-refractivity contribution in [1.82, 2.24) is 5.32 Å². The first kappa shape index (κ1) is 18.5. The normalized spacial score (nSPS) is 9.87. The van der Waals surface area contributed by atoms with E-state index in [1.807, 2.05) is 18.2 Å². The summed E-state index contributed by atoms with van der Waals surface area (Å²) in [4.78, 5) is 22.9. The minimum atomic E-state index is -0.454. The molecule has 1 N–H and O–H groups in total. The fraction of sp³-hybridized carbons (Fsp3) is 0.412. The Morgan fingerprint density at radius 3 is 2.48 bits per heavy atom. The van der Waals surface area contributed by atoms with Crippen molar-refractivity contribution >= 4 is 11.9 Å². The van der Waals surface area contributed by atoms with Crippen molar-refractivity contribution in [3.63, 3.8) is 0 Å². The number of hydrogen-bond acceptors (Lipinski definition) is 5. The molecule has 0 saturated heterocycles. The molecule has 0 aromatic heterocycles. The van der Waals surface area contributed by atoms with Crippen molar-refractivity contribution in [2.45, 2.75) is 19.8 Å². The first-order valence-electron chi connectivity index (χ1n) is 7.28. The fourth-order valence-electron chi connectivity index (χ4n) is 1.84. The maximum Gasteiger partial charge on any atom is 0.333 e. The number of esters is 1. The Labute approximate surface area is 136 Å². The maximum atomic E-state index is 11.7. The predicted octanol–water partition coefficient (Wildman–Crippen LogP) is 1.87. The third-order valence-electron chi connectivity index (χ3n) is 3.09. The molecule has 1 amide bonds. The highest BCUT2D eigenvalue weighted by molar-refractivity contribution is 5.86. The van der Waals surface area contributed by atoms with Gasteiger partial charge in [-0.25, -0.2) is 4.79 Å². The number of aryl methyl sites for hydroxylation is 1. The van der Waals surface area contributed by atoms with Gasteiger partial charge in [-0.3, -0.25) is 4.79 Å². The quantitative estimate of drug-likeness (QED) is 0.427. The molecular weight excluding hydrogens is 298 g/mol. The molecule has 0 atom stereocenters. The lowest BCUT2D eigenvalue weighted by Crippen LogP contribution is -2.28. The number of carbonyl (C=O) groups is 2. The average Bonchev–Trinajstić information content (AvgIpc) is 2.56. The Kier molecular flexibility index (Phi) is 7.66. The summed E-state index contributed by atoms with van der Waals surface area (Å²) in [6.07, 6.45) is 0.918. The summed E-state index contributed by atoms with van der Waals surface area (Å²) in [7, 11) is 3.15. The van der Waals surface area contributed by atoms with Crippen LogP contribution in [0.5, 0.6) is 11.5 Å². The molecule has 0 aliphatic rings. The number of rotatable bonds is 9. The molecule has 1 aromatic rings. The minimum absolute atomic E-state index is 0.105. The van der Waals surface area contributed by atoms with E-state index in [1.54, 1.807) is 21.1 Å². The lowest BCUT2D eigenvalue weighted by molar-refractivity contribution is -0.139. The van der Waals surface area contributed by atoms with Gasteiger partial charge >= 0.3 is 5.97 Å². The van der Waals surface area contributed by atoms with Crippen molar-refractivity contribution < 1.29 is 23.8 Å². The van der Waals surface area contributed by atoms with Gasteiger partial charge in [-0.05, 0) is 31.0 Å². The molecule has 0 aliphatic heterocycles. The molecule has 0 saturated carbocycles. The minimum Gasteiger partial charge on any atom is -0.493 e. The van der Waals surface area contributed by atoms with Crippen molar-refractivity contribution in [2.75, 3.05) is 27.4 Å². The van der Waals surface area contributed by atoms with Crippen LogP contribution in [0.25, 0.3) is 0 Å². The highest BCUT2D eigenvalue weighted by Crippen LogP contribution is 2.27. The zero-order valence-corrected chi connectivity index (χ0v) is 13.8. The largest absolute Gasteiger partial charge is 0.493 e. The van der Waals surface area contributed by atoms with Crippen molar-refractivity contribution in [3.8, 4) is 11.5 Å². The van der Waals surface area contributed by atoms with Gasteiger partial charge in [-0.15, -0.1) is 0 Å². The third kappa shape index (κ3) is 6.42. The van der Waals surface area contributed by atoms with Gasteiger partial charge in [0.05, 0.1) is 20.8 Å². The number of nitrogens with one attached hydrogen (secondary N) is 1. The SMILES string of the molecule is C=C(C)C(=O)OCCNC(=O)CCc1ccc(OC)c(OC)c1. The Hall–Kier alpha value is -2.50. The maximum absolute atomic E-state index is 11.7. The smallest absolute Gasteiger partial charge is 0.333 e. The summed E-state index contributed by atoms with van der Waals surface area (Å²) in [5, 5.41) is 2.70. The van der Waals surface area contributed by atoms with Crippen LogP contribution in [0.2, 0.25) is 0 Å². The summed E-state index contributed by atoms with van der Waals surface area (Å²) in [6, 6.07) is 5.55. The zero-order chi connectivity index (χ0) is 17.2. The molecule has 0 spiro atoms. The van der Waals surface area contributed by atoms with Crippen LogP contribution in [0, 0.1) is 0 Å². The van der Waals surface area contributed by atoms with Gasteiger partial charge in [-0.1, -0.05) is 12.6 Å². The standard InChI is InChI=1S/C17H23NO5/c1-12(2)17(20)23-10-9-18-16(19)8-6-13-5-7-14(21-3)15(11-13)22-4/h5,7,11H,1,6,8-10H2,2-4H3,(H,18,19). The highest BCUT2D eigenvalue weighted by atomic mass is 16.5. The van der Waals surface area contributed by atoms with Crippen LogP contribution in [-0.4, -0.2) is 39.2 Å². The van der Waals surface area contributed by atoms with E-state index in [1.165, 1.54) is 0 Å². The highest BCUT2D eigenvalue weighted by Gasteiger charge is 2.07. The third-order valence-corrected chi connectivity index (χ3v) is 3.09. The van der Waals surface area contributed by atoms with Crippen LogP contribution in [-0.2, 0) is 20.7 Å². The molecule has 0 unspecified atom stereocenters. The topological polar surface area (TPSA) is 73.9 Å². The number of hydrogen-bond donors (Lipinski definition) is 1. The van der Waals surface area contributed by atoms with E-state index >= 15 is 0 Å².